The van der Waals surface area contributed by atoms with Crippen molar-refractivity contribution in [3.8, 4) is 5.75 Å². The molecule has 3 aromatic carbocycles. The number of nitrogens with zero attached hydrogens (tertiary/aromatic N) is 3. The van der Waals surface area contributed by atoms with Crippen LogP contribution in [0.15, 0.2) is 71.6 Å². The highest BCUT2D eigenvalue weighted by molar-refractivity contribution is 7.89. The van der Waals surface area contributed by atoms with Gasteiger partial charge in [0.05, 0.1) is 9.82 Å². The van der Waals surface area contributed by atoms with Gasteiger partial charge in [0.2, 0.25) is 10.0 Å². The number of aryl methyl sites for hydroxylation is 1. The molecule has 1 fully saturated rings. The van der Waals surface area contributed by atoms with Crippen LogP contribution in [0, 0.1) is 17.0 Å². The molecule has 4 rings (SSSR count). The van der Waals surface area contributed by atoms with Crippen molar-refractivity contribution in [2.45, 2.75) is 11.8 Å². The minimum Gasteiger partial charge on any atom is -0.491 e. The van der Waals surface area contributed by atoms with Gasteiger partial charge in [-0.3, -0.25) is 10.1 Å². The van der Waals surface area contributed by atoms with Gasteiger partial charge >= 0.3 is 0 Å². The Morgan fingerprint density at radius 2 is 1.72 bits per heavy atom. The first-order valence-electron chi connectivity index (χ1n) is 11.5. The topological polar surface area (TPSA) is 105 Å². The zero-order chi connectivity index (χ0) is 25.7. The number of ether oxygens (including phenoxy) is 1. The molecule has 0 atom stereocenters. The van der Waals surface area contributed by atoms with E-state index in [0.29, 0.717) is 50.0 Å². The largest absolute Gasteiger partial charge is 0.491 e. The van der Waals surface area contributed by atoms with E-state index < -0.39 is 14.9 Å². The van der Waals surface area contributed by atoms with Gasteiger partial charge < -0.3 is 15.0 Å². The Bertz CT molecular complexity index is 1330. The lowest BCUT2D eigenvalue weighted by Crippen LogP contribution is -2.48. The van der Waals surface area contributed by atoms with Crippen LogP contribution in [0.2, 0.25) is 5.02 Å². The summed E-state index contributed by atoms with van der Waals surface area (Å²) < 4.78 is 33.1. The molecule has 0 bridgehead atoms. The number of hydrogen-bond acceptors (Lipinski definition) is 7. The summed E-state index contributed by atoms with van der Waals surface area (Å²) in [5.41, 5.74) is 2.16. The standard InChI is InChI=1S/C25H27ClN4O5S/c1-19-4-2-3-5-25(19)35-17-12-27-23-18-21(8-11-24(23)30(31)32)28-13-15-29(16-14-28)36(33,34)22-9-6-20(26)7-10-22/h2-11,18,27H,12-17H2,1H3. The predicted octanol–water partition coefficient (Wildman–Crippen LogP) is 4.56. The Hall–Kier alpha value is -3.34. The fourth-order valence-corrected chi connectivity index (χ4v) is 5.58. The Morgan fingerprint density at radius 1 is 1.03 bits per heavy atom. The molecule has 3 aromatic rings. The Balaban J connectivity index is 1.40. The molecular formula is C25H27ClN4O5S. The number of benzene rings is 3. The van der Waals surface area contributed by atoms with E-state index in [4.69, 9.17) is 16.3 Å². The summed E-state index contributed by atoms with van der Waals surface area (Å²) in [5.74, 6) is 0.772. The van der Waals surface area contributed by atoms with Gasteiger partial charge in [-0.05, 0) is 55.0 Å². The van der Waals surface area contributed by atoms with Gasteiger partial charge in [0.25, 0.3) is 5.69 Å². The Kier molecular flexibility index (Phi) is 7.97. The summed E-state index contributed by atoms with van der Waals surface area (Å²) in [5, 5.41) is 15.1. The minimum absolute atomic E-state index is 0.0291. The molecule has 0 unspecified atom stereocenters. The molecule has 0 radical (unpaired) electrons. The third kappa shape index (κ3) is 5.89. The van der Waals surface area contributed by atoms with Gasteiger partial charge in [0.1, 0.15) is 18.0 Å². The smallest absolute Gasteiger partial charge is 0.292 e. The zero-order valence-electron chi connectivity index (χ0n) is 19.8. The van der Waals surface area contributed by atoms with Crippen molar-refractivity contribution >= 4 is 38.7 Å². The van der Waals surface area contributed by atoms with Crippen LogP contribution in [0.5, 0.6) is 5.75 Å². The fraction of sp³-hybridized carbons (Fsp3) is 0.280. The molecule has 1 aliphatic rings. The van der Waals surface area contributed by atoms with E-state index >= 15 is 0 Å². The normalized spacial score (nSPS) is 14.4. The van der Waals surface area contributed by atoms with E-state index in [0.717, 1.165) is 17.0 Å². The van der Waals surface area contributed by atoms with Crippen LogP contribution in [-0.4, -0.2) is 57.0 Å². The first-order chi connectivity index (χ1) is 17.3. The number of hydrogen-bond donors (Lipinski definition) is 1. The summed E-state index contributed by atoms with van der Waals surface area (Å²) in [4.78, 5) is 13.4. The van der Waals surface area contributed by atoms with E-state index in [-0.39, 0.29) is 10.6 Å². The maximum atomic E-state index is 13.0. The van der Waals surface area contributed by atoms with Crippen molar-refractivity contribution in [3.05, 3.63) is 87.4 Å². The van der Waals surface area contributed by atoms with Crippen LogP contribution in [0.25, 0.3) is 0 Å². The second kappa shape index (κ2) is 11.2. The van der Waals surface area contributed by atoms with E-state index in [1.807, 2.05) is 36.1 Å². The monoisotopic (exact) mass is 530 g/mol. The number of rotatable bonds is 9. The van der Waals surface area contributed by atoms with Crippen molar-refractivity contribution in [2.75, 3.05) is 49.5 Å². The molecule has 0 amide bonds. The fourth-order valence-electron chi connectivity index (χ4n) is 4.03. The molecule has 190 valence electrons. The van der Waals surface area contributed by atoms with E-state index in [9.17, 15) is 18.5 Å². The van der Waals surface area contributed by atoms with Crippen molar-refractivity contribution in [2.24, 2.45) is 0 Å². The van der Waals surface area contributed by atoms with Crippen molar-refractivity contribution < 1.29 is 18.1 Å². The van der Waals surface area contributed by atoms with Crippen molar-refractivity contribution in [1.29, 1.82) is 0 Å². The zero-order valence-corrected chi connectivity index (χ0v) is 21.3. The predicted molar refractivity (Wildman–Crippen MR) is 141 cm³/mol. The number of anilines is 2. The summed E-state index contributed by atoms with van der Waals surface area (Å²) >= 11 is 5.88. The number of nitrogens with one attached hydrogen (secondary N) is 1. The van der Waals surface area contributed by atoms with Crippen molar-refractivity contribution in [1.82, 2.24) is 4.31 Å². The highest BCUT2D eigenvalue weighted by Gasteiger charge is 2.29. The average Bonchev–Trinajstić information content (AvgIpc) is 2.87. The average molecular weight is 531 g/mol. The van der Waals surface area contributed by atoms with Crippen molar-refractivity contribution in [3.63, 3.8) is 0 Å². The molecular weight excluding hydrogens is 504 g/mol. The van der Waals surface area contributed by atoms with E-state index in [1.165, 1.54) is 22.5 Å². The molecule has 11 heteroatoms. The Morgan fingerprint density at radius 3 is 2.39 bits per heavy atom. The highest BCUT2D eigenvalue weighted by Crippen LogP contribution is 2.31. The van der Waals surface area contributed by atoms with E-state index in [1.54, 1.807) is 24.3 Å². The second-order valence-electron chi connectivity index (χ2n) is 8.34. The summed E-state index contributed by atoms with van der Waals surface area (Å²) in [7, 11) is -3.62. The first kappa shape index (κ1) is 25.7. The third-order valence-electron chi connectivity index (χ3n) is 6.00. The number of piperazine rings is 1. The summed E-state index contributed by atoms with van der Waals surface area (Å²) in [6.07, 6.45) is 0. The van der Waals surface area contributed by atoms with Gasteiger partial charge in [-0.2, -0.15) is 4.31 Å². The molecule has 9 nitrogen and oxygen atoms in total. The number of sulfonamides is 1. The lowest BCUT2D eigenvalue weighted by Gasteiger charge is -2.35. The highest BCUT2D eigenvalue weighted by atomic mass is 35.5. The van der Waals surface area contributed by atoms with Crippen LogP contribution in [0.4, 0.5) is 17.1 Å². The molecule has 0 saturated carbocycles. The van der Waals surface area contributed by atoms with Gasteiger partial charge in [-0.25, -0.2) is 8.42 Å². The van der Waals surface area contributed by atoms with Gasteiger partial charge in [0, 0.05) is 49.5 Å². The van der Waals surface area contributed by atoms with Crippen LogP contribution in [-0.2, 0) is 10.0 Å². The molecule has 1 heterocycles. The van der Waals surface area contributed by atoms with Gasteiger partial charge in [0.15, 0.2) is 0 Å². The molecule has 1 saturated heterocycles. The lowest BCUT2D eigenvalue weighted by atomic mass is 10.2. The number of halogens is 1. The molecule has 36 heavy (non-hydrogen) atoms. The van der Waals surface area contributed by atoms with Gasteiger partial charge in [-0.1, -0.05) is 29.8 Å². The van der Waals surface area contributed by atoms with Gasteiger partial charge in [-0.15, -0.1) is 0 Å². The quantitative estimate of drug-likeness (QED) is 0.245. The Labute approximate surface area is 215 Å². The summed E-state index contributed by atoms with van der Waals surface area (Å²) in [6.45, 7) is 4.20. The van der Waals surface area contributed by atoms with Crippen LogP contribution < -0.4 is 15.0 Å². The second-order valence-corrected chi connectivity index (χ2v) is 10.7. The molecule has 0 aliphatic carbocycles. The maximum absolute atomic E-state index is 13.0. The molecule has 1 aliphatic heterocycles. The maximum Gasteiger partial charge on any atom is 0.292 e. The van der Waals surface area contributed by atoms with Crippen LogP contribution in [0.3, 0.4) is 0 Å². The number of para-hydroxylation sites is 1. The van der Waals surface area contributed by atoms with Crippen LogP contribution in [0.1, 0.15) is 5.56 Å². The van der Waals surface area contributed by atoms with E-state index in [2.05, 4.69) is 5.32 Å². The number of nitro benzene ring substituents is 1. The van der Waals surface area contributed by atoms with Crippen LogP contribution >= 0.6 is 11.6 Å². The summed E-state index contributed by atoms with van der Waals surface area (Å²) in [6, 6.07) is 18.7. The lowest BCUT2D eigenvalue weighted by molar-refractivity contribution is -0.383. The molecule has 0 aromatic heterocycles. The SMILES string of the molecule is Cc1ccccc1OCCNc1cc(N2CCN(S(=O)(=O)c3ccc(Cl)cc3)CC2)ccc1[N+](=O)[O-]. The third-order valence-corrected chi connectivity index (χ3v) is 8.17. The number of nitro groups is 1. The first-order valence-corrected chi connectivity index (χ1v) is 13.3. The molecule has 0 spiro atoms. The minimum atomic E-state index is -3.62. The molecule has 1 N–H and O–H groups in total.